The topological polar surface area (TPSA) is 0 Å². The Labute approximate surface area is 192 Å². The molecule has 0 N–H and O–H groups in total. The molecule has 3 aromatic rings. The summed E-state index contributed by atoms with van der Waals surface area (Å²) in [5, 5.41) is 4.74. The average molecular weight is 439 g/mol. The van der Waals surface area contributed by atoms with Gasteiger partial charge in [-0.05, 0) is 108 Å². The van der Waals surface area contributed by atoms with Crippen LogP contribution >= 0.6 is 22.7 Å². The predicted octanol–water partition coefficient (Wildman–Crippen LogP) is 10.0. The Bertz CT molecular complexity index is 837. The van der Waals surface area contributed by atoms with Gasteiger partial charge in [-0.1, -0.05) is 52.4 Å². The van der Waals surface area contributed by atoms with Gasteiger partial charge in [0.15, 0.2) is 0 Å². The fourth-order valence-electron chi connectivity index (χ4n) is 4.15. The van der Waals surface area contributed by atoms with E-state index in [1.807, 2.05) is 22.7 Å². The van der Waals surface area contributed by atoms with Gasteiger partial charge in [0.1, 0.15) is 0 Å². The van der Waals surface area contributed by atoms with Crippen molar-refractivity contribution < 1.29 is 0 Å². The SMILES string of the molecule is CCCCCCc1csc(-c2cc(C)c(-c3cc(CCCCCC)cs3)cc2C)c1. The van der Waals surface area contributed by atoms with E-state index in [9.17, 15) is 0 Å². The molecule has 30 heavy (non-hydrogen) atoms. The molecule has 162 valence electrons. The van der Waals surface area contributed by atoms with E-state index in [0.29, 0.717) is 0 Å². The molecule has 0 aliphatic rings. The maximum absolute atomic E-state index is 2.43. The first kappa shape index (κ1) is 23.3. The Morgan fingerprint density at radius 2 is 1.00 bits per heavy atom. The van der Waals surface area contributed by atoms with E-state index in [1.165, 1.54) is 107 Å². The summed E-state index contributed by atoms with van der Waals surface area (Å²) in [5.41, 5.74) is 8.65. The van der Waals surface area contributed by atoms with Crippen molar-refractivity contribution in [3.8, 4) is 20.9 Å². The molecule has 0 aliphatic carbocycles. The van der Waals surface area contributed by atoms with Gasteiger partial charge in [-0.25, -0.2) is 0 Å². The maximum Gasteiger partial charge on any atom is 0.0348 e. The van der Waals surface area contributed by atoms with E-state index in [0.717, 1.165) is 0 Å². The minimum absolute atomic E-state index is 1.23. The van der Waals surface area contributed by atoms with Crippen molar-refractivity contribution in [1.82, 2.24) is 0 Å². The summed E-state index contributed by atoms with van der Waals surface area (Å²) in [4.78, 5) is 2.85. The predicted molar refractivity (Wildman–Crippen MR) is 138 cm³/mol. The second kappa shape index (κ2) is 11.9. The largest absolute Gasteiger partial charge is 0.144 e. The van der Waals surface area contributed by atoms with Crippen LogP contribution in [-0.2, 0) is 12.8 Å². The molecule has 0 saturated heterocycles. The van der Waals surface area contributed by atoms with E-state index in [4.69, 9.17) is 0 Å². The number of unbranched alkanes of at least 4 members (excludes halogenated alkanes) is 6. The highest BCUT2D eigenvalue weighted by Gasteiger charge is 2.12. The number of hydrogen-bond donors (Lipinski definition) is 0. The molecule has 0 radical (unpaired) electrons. The maximum atomic E-state index is 2.43. The Balaban J connectivity index is 1.70. The molecule has 2 aromatic heterocycles. The van der Waals surface area contributed by atoms with Crippen molar-refractivity contribution in [2.75, 3.05) is 0 Å². The molecule has 0 bridgehead atoms. The first-order valence-electron chi connectivity index (χ1n) is 11.9. The van der Waals surface area contributed by atoms with E-state index >= 15 is 0 Å². The lowest BCUT2D eigenvalue weighted by atomic mass is 9.97. The number of thiophene rings is 2. The molecule has 2 heterocycles. The molecular formula is C28H38S2. The van der Waals surface area contributed by atoms with Gasteiger partial charge >= 0.3 is 0 Å². The first-order chi connectivity index (χ1) is 14.6. The van der Waals surface area contributed by atoms with Crippen LogP contribution in [0.2, 0.25) is 0 Å². The molecule has 1 aromatic carbocycles. The highest BCUT2D eigenvalue weighted by molar-refractivity contribution is 7.14. The van der Waals surface area contributed by atoms with Crippen LogP contribution in [0.4, 0.5) is 0 Å². The number of benzene rings is 1. The van der Waals surface area contributed by atoms with Crippen LogP contribution in [0.1, 0.15) is 87.5 Å². The van der Waals surface area contributed by atoms with Crippen LogP contribution < -0.4 is 0 Å². The summed E-state index contributed by atoms with van der Waals surface area (Å²) in [6.45, 7) is 9.11. The fourth-order valence-corrected chi connectivity index (χ4v) is 6.22. The van der Waals surface area contributed by atoms with Crippen LogP contribution in [0.25, 0.3) is 20.9 Å². The molecule has 0 amide bonds. The van der Waals surface area contributed by atoms with Crippen molar-refractivity contribution in [1.29, 1.82) is 0 Å². The van der Waals surface area contributed by atoms with Crippen molar-refractivity contribution in [2.45, 2.75) is 91.9 Å². The average Bonchev–Trinajstić information content (AvgIpc) is 3.40. The first-order valence-corrected chi connectivity index (χ1v) is 13.6. The van der Waals surface area contributed by atoms with E-state index in [1.54, 1.807) is 0 Å². The highest BCUT2D eigenvalue weighted by atomic mass is 32.1. The van der Waals surface area contributed by atoms with Gasteiger partial charge in [0.05, 0.1) is 0 Å². The van der Waals surface area contributed by atoms with Gasteiger partial charge in [0.25, 0.3) is 0 Å². The summed E-state index contributed by atoms with van der Waals surface area (Å²) in [6, 6.07) is 9.69. The normalized spacial score (nSPS) is 11.3. The monoisotopic (exact) mass is 438 g/mol. The molecule has 0 atom stereocenters. The molecule has 0 fully saturated rings. The molecule has 0 nitrogen and oxygen atoms in total. The number of aryl methyl sites for hydroxylation is 4. The lowest BCUT2D eigenvalue weighted by molar-refractivity contribution is 0.667. The molecule has 0 saturated carbocycles. The minimum Gasteiger partial charge on any atom is -0.144 e. The second-order valence-electron chi connectivity index (χ2n) is 8.74. The third-order valence-electron chi connectivity index (χ3n) is 6.05. The Kier molecular flexibility index (Phi) is 9.21. The van der Waals surface area contributed by atoms with Crippen LogP contribution in [0.3, 0.4) is 0 Å². The van der Waals surface area contributed by atoms with Gasteiger partial charge in [0.2, 0.25) is 0 Å². The van der Waals surface area contributed by atoms with E-state index in [2.05, 4.69) is 62.7 Å². The molecule has 0 aliphatic heterocycles. The molecular weight excluding hydrogens is 400 g/mol. The van der Waals surface area contributed by atoms with Gasteiger partial charge in [-0.3, -0.25) is 0 Å². The standard InChI is InChI=1S/C28H38S2/c1-5-7-9-11-13-23-17-27(29-19-23)25-15-22(4)26(16-21(25)3)28-18-24(20-30-28)14-12-10-8-6-2/h15-20H,5-14H2,1-4H3. The van der Waals surface area contributed by atoms with Gasteiger partial charge < -0.3 is 0 Å². The Morgan fingerprint density at radius 1 is 0.567 bits per heavy atom. The van der Waals surface area contributed by atoms with Crippen molar-refractivity contribution >= 4 is 22.7 Å². The zero-order valence-electron chi connectivity index (χ0n) is 19.4. The third kappa shape index (κ3) is 6.31. The van der Waals surface area contributed by atoms with E-state index in [-0.39, 0.29) is 0 Å². The van der Waals surface area contributed by atoms with Crippen LogP contribution in [-0.4, -0.2) is 0 Å². The fraction of sp³-hybridized carbons (Fsp3) is 0.500. The minimum atomic E-state index is 1.23. The Hall–Kier alpha value is -1.38. The summed E-state index contributed by atoms with van der Waals surface area (Å²) in [5.74, 6) is 0. The quantitative estimate of drug-likeness (QED) is 0.247. The number of rotatable bonds is 12. The van der Waals surface area contributed by atoms with Crippen LogP contribution in [0.15, 0.2) is 35.0 Å². The number of hydrogen-bond acceptors (Lipinski definition) is 2. The molecule has 0 spiro atoms. The summed E-state index contributed by atoms with van der Waals surface area (Å²) < 4.78 is 0. The van der Waals surface area contributed by atoms with Crippen LogP contribution in [0.5, 0.6) is 0 Å². The van der Waals surface area contributed by atoms with Crippen molar-refractivity contribution in [3.63, 3.8) is 0 Å². The van der Waals surface area contributed by atoms with Crippen molar-refractivity contribution in [3.05, 3.63) is 57.3 Å². The lowest BCUT2D eigenvalue weighted by Gasteiger charge is -2.10. The van der Waals surface area contributed by atoms with Gasteiger partial charge in [-0.15, -0.1) is 22.7 Å². The summed E-state index contributed by atoms with van der Waals surface area (Å²) >= 11 is 3.82. The molecule has 0 unspecified atom stereocenters. The Morgan fingerprint density at radius 3 is 1.40 bits per heavy atom. The second-order valence-corrected chi connectivity index (χ2v) is 10.6. The summed E-state index contributed by atoms with van der Waals surface area (Å²) in [6.07, 6.45) is 13.1. The van der Waals surface area contributed by atoms with E-state index < -0.39 is 0 Å². The lowest BCUT2D eigenvalue weighted by Crippen LogP contribution is -1.88. The zero-order valence-corrected chi connectivity index (χ0v) is 21.0. The van der Waals surface area contributed by atoms with Crippen molar-refractivity contribution in [2.24, 2.45) is 0 Å². The third-order valence-corrected chi connectivity index (χ3v) is 8.07. The smallest absolute Gasteiger partial charge is 0.0348 e. The van der Waals surface area contributed by atoms with Gasteiger partial charge in [-0.2, -0.15) is 0 Å². The zero-order chi connectivity index (χ0) is 21.3. The highest BCUT2D eigenvalue weighted by Crippen LogP contribution is 2.37. The molecule has 2 heteroatoms. The van der Waals surface area contributed by atoms with Gasteiger partial charge in [0, 0.05) is 9.75 Å². The summed E-state index contributed by atoms with van der Waals surface area (Å²) in [7, 11) is 0. The van der Waals surface area contributed by atoms with Crippen LogP contribution in [0, 0.1) is 13.8 Å². The molecule has 3 rings (SSSR count).